The lowest BCUT2D eigenvalue weighted by Crippen LogP contribution is -2.29. The van der Waals surface area contributed by atoms with Gasteiger partial charge in [0.15, 0.2) is 17.4 Å². The van der Waals surface area contributed by atoms with E-state index in [-0.39, 0.29) is 29.4 Å². The molecule has 0 unspecified atom stereocenters. The molecule has 55 heavy (non-hydrogen) atoms. The lowest BCUT2D eigenvalue weighted by Gasteiger charge is -2.18. The van der Waals surface area contributed by atoms with E-state index in [2.05, 4.69) is 10.3 Å². The number of nitrogens with one attached hydrogen (secondary N) is 1. The first-order chi connectivity index (χ1) is 26.1. The van der Waals surface area contributed by atoms with E-state index in [1.165, 1.54) is 24.4 Å². The molecule has 286 valence electrons. The van der Waals surface area contributed by atoms with Crippen LogP contribution in [0, 0.1) is 25.5 Å². The summed E-state index contributed by atoms with van der Waals surface area (Å²) in [6.07, 6.45) is 1.84. The van der Waals surface area contributed by atoms with Crippen LogP contribution in [0.15, 0.2) is 117 Å². The first-order valence-corrected chi connectivity index (χ1v) is 18.7. The normalized spacial score (nSPS) is 11.4. The van der Waals surface area contributed by atoms with E-state index in [1.807, 2.05) is 66.2 Å². The summed E-state index contributed by atoms with van der Waals surface area (Å²) < 4.78 is 65.4. The standard InChI is InChI=1S/C22H22F2N2O3.C19H18N2O4S/c1-14-4-6-15(7-5-14)17-13-25-26(16-8-9-18(23)19(24)12-16)21(27)20(17)29-11-10-22(2,3)28;1-3-17(22)21-26(23,24)16-11-9-14(10-12-16)18-13(2)25-20-19(18)15-7-5-4-6-8-15/h4-9,12-13,28H,10-11H2,1-3H3;4-12H,3H2,1-2H3,(H,21,22). The molecule has 0 fully saturated rings. The summed E-state index contributed by atoms with van der Waals surface area (Å²) in [7, 11) is -3.87. The maximum atomic E-state index is 13.6. The summed E-state index contributed by atoms with van der Waals surface area (Å²) in [6, 6.07) is 26.5. The number of ether oxygens (including phenoxy) is 1. The first-order valence-electron chi connectivity index (χ1n) is 17.3. The molecule has 6 rings (SSSR count). The Kier molecular flexibility index (Phi) is 12.4. The topological polar surface area (TPSA) is 154 Å². The number of aliphatic hydroxyl groups is 1. The van der Waals surface area contributed by atoms with Gasteiger partial charge >= 0.3 is 5.56 Å². The molecule has 0 radical (unpaired) electrons. The van der Waals surface area contributed by atoms with Crippen LogP contribution in [0.1, 0.15) is 44.9 Å². The molecule has 0 bridgehead atoms. The van der Waals surface area contributed by atoms with Gasteiger partial charge < -0.3 is 14.4 Å². The SMILES string of the molecule is CCC(=O)NS(=O)(=O)c1ccc(-c2c(-c3ccccc3)noc2C)cc1.Cc1ccc(-c2cnn(-c3ccc(F)c(F)c3)c(=O)c2OCCC(C)(C)O)cc1. The van der Waals surface area contributed by atoms with E-state index in [9.17, 15) is 31.9 Å². The van der Waals surface area contributed by atoms with E-state index in [1.54, 1.807) is 39.8 Å². The zero-order chi connectivity index (χ0) is 39.9. The molecule has 0 saturated heterocycles. The van der Waals surface area contributed by atoms with Crippen molar-refractivity contribution in [1.29, 1.82) is 0 Å². The zero-order valence-corrected chi connectivity index (χ0v) is 31.7. The fourth-order valence-electron chi connectivity index (χ4n) is 5.31. The van der Waals surface area contributed by atoms with Gasteiger partial charge in [-0.25, -0.2) is 21.9 Å². The number of rotatable bonds is 11. The highest BCUT2D eigenvalue weighted by molar-refractivity contribution is 7.90. The molecule has 2 aromatic heterocycles. The third kappa shape index (κ3) is 9.96. The summed E-state index contributed by atoms with van der Waals surface area (Å²) in [6.45, 7) is 8.73. The van der Waals surface area contributed by atoms with Crippen LogP contribution < -0.4 is 15.0 Å². The average molecular weight is 771 g/mol. The Morgan fingerprint density at radius 2 is 1.56 bits per heavy atom. The number of carbonyl (C=O) groups excluding carboxylic acids is 1. The van der Waals surface area contributed by atoms with Crippen molar-refractivity contribution in [2.45, 2.75) is 58.0 Å². The Bertz CT molecular complexity index is 2440. The molecule has 1 amide bonds. The number of carbonyl (C=O) groups is 1. The van der Waals surface area contributed by atoms with Crippen molar-refractivity contribution in [2.75, 3.05) is 6.61 Å². The molecule has 11 nitrogen and oxygen atoms in total. The van der Waals surface area contributed by atoms with Gasteiger partial charge in [0.25, 0.3) is 10.0 Å². The highest BCUT2D eigenvalue weighted by Gasteiger charge is 2.21. The van der Waals surface area contributed by atoms with Crippen molar-refractivity contribution < 1.29 is 36.4 Å². The van der Waals surface area contributed by atoms with Crippen LogP contribution in [-0.4, -0.2) is 46.6 Å². The van der Waals surface area contributed by atoms with Crippen molar-refractivity contribution in [2.24, 2.45) is 0 Å². The smallest absolute Gasteiger partial charge is 0.314 e. The predicted octanol–water partition coefficient (Wildman–Crippen LogP) is 7.56. The molecule has 0 saturated carbocycles. The highest BCUT2D eigenvalue weighted by atomic mass is 32.2. The molecule has 0 aliphatic heterocycles. The highest BCUT2D eigenvalue weighted by Crippen LogP contribution is 2.34. The molecule has 4 aromatic carbocycles. The molecule has 2 N–H and O–H groups in total. The minimum Gasteiger partial charge on any atom is -0.487 e. The third-order valence-electron chi connectivity index (χ3n) is 8.34. The van der Waals surface area contributed by atoms with Gasteiger partial charge in [0, 0.05) is 30.0 Å². The summed E-state index contributed by atoms with van der Waals surface area (Å²) in [5.74, 6) is -1.98. The monoisotopic (exact) mass is 770 g/mol. The maximum absolute atomic E-state index is 13.6. The summed E-state index contributed by atoms with van der Waals surface area (Å²) in [5.41, 5.74) is 3.96. The van der Waals surface area contributed by atoms with Crippen molar-refractivity contribution in [1.82, 2.24) is 19.7 Å². The van der Waals surface area contributed by atoms with Gasteiger partial charge in [0.05, 0.1) is 34.6 Å². The van der Waals surface area contributed by atoms with E-state index in [0.29, 0.717) is 23.4 Å². The largest absolute Gasteiger partial charge is 0.487 e. The van der Waals surface area contributed by atoms with Gasteiger partial charge in [-0.2, -0.15) is 9.78 Å². The van der Waals surface area contributed by atoms with Gasteiger partial charge in [0.1, 0.15) is 11.5 Å². The zero-order valence-electron chi connectivity index (χ0n) is 30.8. The number of halogens is 2. The molecule has 0 spiro atoms. The lowest BCUT2D eigenvalue weighted by atomic mass is 10.00. The predicted molar refractivity (Wildman–Crippen MR) is 204 cm³/mol. The maximum Gasteiger partial charge on any atom is 0.314 e. The van der Waals surface area contributed by atoms with Gasteiger partial charge in [-0.05, 0) is 63.1 Å². The number of amides is 1. The Balaban J connectivity index is 0.000000212. The van der Waals surface area contributed by atoms with Crippen LogP contribution in [0.3, 0.4) is 0 Å². The Labute approximate surface area is 317 Å². The van der Waals surface area contributed by atoms with Crippen LogP contribution in [0.4, 0.5) is 8.78 Å². The Morgan fingerprint density at radius 1 is 0.909 bits per heavy atom. The molecule has 0 atom stereocenters. The van der Waals surface area contributed by atoms with E-state index in [0.717, 1.165) is 44.6 Å². The van der Waals surface area contributed by atoms with Crippen molar-refractivity contribution >= 4 is 15.9 Å². The van der Waals surface area contributed by atoms with Crippen molar-refractivity contribution in [3.8, 4) is 44.9 Å². The fourth-order valence-corrected chi connectivity index (χ4v) is 6.36. The minimum absolute atomic E-state index is 0.0258. The fraction of sp³-hybridized carbons (Fsp3) is 0.220. The van der Waals surface area contributed by atoms with E-state index >= 15 is 0 Å². The second-order valence-corrected chi connectivity index (χ2v) is 14.9. The molecule has 2 heterocycles. The van der Waals surface area contributed by atoms with E-state index in [4.69, 9.17) is 9.26 Å². The molecule has 6 aromatic rings. The number of aromatic nitrogens is 3. The van der Waals surface area contributed by atoms with E-state index < -0.39 is 38.7 Å². The van der Waals surface area contributed by atoms with Crippen LogP contribution >= 0.6 is 0 Å². The number of hydrogen-bond acceptors (Lipinski definition) is 9. The third-order valence-corrected chi connectivity index (χ3v) is 9.73. The molecule has 0 aliphatic rings. The number of aryl methyl sites for hydroxylation is 2. The first kappa shape index (κ1) is 40.2. The van der Waals surface area contributed by atoms with Crippen LogP contribution in [0.5, 0.6) is 5.75 Å². The Hall–Kier alpha value is -5.99. The van der Waals surface area contributed by atoms with Gasteiger partial charge in [0.2, 0.25) is 5.91 Å². The number of sulfonamides is 1. The molecule has 0 aliphatic carbocycles. The number of hydrogen-bond donors (Lipinski definition) is 2. The van der Waals surface area contributed by atoms with Crippen molar-refractivity contribution in [3.05, 3.63) is 137 Å². The van der Waals surface area contributed by atoms with Crippen molar-refractivity contribution in [3.63, 3.8) is 0 Å². The lowest BCUT2D eigenvalue weighted by molar-refractivity contribution is -0.119. The molecule has 14 heteroatoms. The number of benzene rings is 4. The number of nitrogens with zero attached hydrogens (tertiary/aromatic N) is 3. The van der Waals surface area contributed by atoms with Gasteiger partial charge in [-0.3, -0.25) is 9.59 Å². The molecular formula is C41H40F2N4O7S. The van der Waals surface area contributed by atoms with Crippen LogP contribution in [0.2, 0.25) is 0 Å². The second-order valence-electron chi connectivity index (χ2n) is 13.2. The summed E-state index contributed by atoms with van der Waals surface area (Å²) in [4.78, 5) is 24.5. The van der Waals surface area contributed by atoms with Crippen LogP contribution in [-0.2, 0) is 14.8 Å². The molecular weight excluding hydrogens is 731 g/mol. The van der Waals surface area contributed by atoms with Crippen LogP contribution in [0.25, 0.3) is 39.2 Å². The minimum atomic E-state index is -3.87. The summed E-state index contributed by atoms with van der Waals surface area (Å²) in [5, 5.41) is 18.2. The second kappa shape index (κ2) is 17.0. The Morgan fingerprint density at radius 3 is 2.18 bits per heavy atom. The quantitative estimate of drug-likeness (QED) is 0.136. The summed E-state index contributed by atoms with van der Waals surface area (Å²) >= 11 is 0. The van der Waals surface area contributed by atoms with Gasteiger partial charge in [-0.1, -0.05) is 84.4 Å². The van der Waals surface area contributed by atoms with Gasteiger partial charge in [-0.15, -0.1) is 0 Å². The average Bonchev–Trinajstić information content (AvgIpc) is 3.55.